The van der Waals surface area contributed by atoms with Crippen LogP contribution in [0.3, 0.4) is 0 Å². The fourth-order valence-electron chi connectivity index (χ4n) is 1.78. The van der Waals surface area contributed by atoms with Crippen molar-refractivity contribution in [1.29, 1.82) is 0 Å². The molecule has 0 aliphatic carbocycles. The molecular weight excluding hydrogens is 218 g/mol. The molecule has 1 aromatic heterocycles. The van der Waals surface area contributed by atoms with Crippen LogP contribution in [-0.4, -0.2) is 29.6 Å². The predicted octanol–water partition coefficient (Wildman–Crippen LogP) is 1.53. The third-order valence-corrected chi connectivity index (χ3v) is 2.72. The highest BCUT2D eigenvalue weighted by Crippen LogP contribution is 2.18. The number of nitrogens with zero attached hydrogens (tertiary/aromatic N) is 1. The summed E-state index contributed by atoms with van der Waals surface area (Å²) >= 11 is 0. The average Bonchev–Trinajstić information content (AvgIpc) is 2.27. The highest BCUT2D eigenvalue weighted by Gasteiger charge is 2.15. The molecule has 1 rings (SSSR count). The number of methoxy groups -OCH3 is 1. The van der Waals surface area contributed by atoms with Crippen molar-refractivity contribution in [2.75, 3.05) is 13.7 Å². The first-order valence-electron chi connectivity index (χ1n) is 5.69. The van der Waals surface area contributed by atoms with Crippen molar-refractivity contribution in [3.8, 4) is 5.75 Å². The minimum Gasteiger partial charge on any atom is -0.497 e. The second kappa shape index (κ2) is 6.35. The summed E-state index contributed by atoms with van der Waals surface area (Å²) in [5, 5.41) is 8.92. The molecule has 1 atom stereocenters. The maximum absolute atomic E-state index is 11.4. The Morgan fingerprint density at radius 1 is 1.53 bits per heavy atom. The van der Waals surface area contributed by atoms with E-state index in [0.29, 0.717) is 12.8 Å². The summed E-state index contributed by atoms with van der Waals surface area (Å²) in [5.74, 6) is 0.666. The van der Waals surface area contributed by atoms with E-state index in [1.54, 1.807) is 14.0 Å². The van der Waals surface area contributed by atoms with Crippen molar-refractivity contribution in [2.45, 2.75) is 26.7 Å². The lowest BCUT2D eigenvalue weighted by Gasteiger charge is -2.13. The third kappa shape index (κ3) is 4.15. The van der Waals surface area contributed by atoms with E-state index >= 15 is 0 Å². The van der Waals surface area contributed by atoms with Gasteiger partial charge in [-0.1, -0.05) is 0 Å². The fraction of sp³-hybridized carbons (Fsp3) is 0.538. The van der Waals surface area contributed by atoms with E-state index in [4.69, 9.17) is 9.84 Å². The number of aliphatic hydroxyl groups excluding tert-OH is 1. The SMILES string of the molecule is COc1cc(C)nc(CC(CCO)C(C)=O)c1. The van der Waals surface area contributed by atoms with E-state index in [-0.39, 0.29) is 18.3 Å². The zero-order chi connectivity index (χ0) is 12.8. The van der Waals surface area contributed by atoms with E-state index in [2.05, 4.69) is 4.98 Å². The quantitative estimate of drug-likeness (QED) is 0.815. The Labute approximate surface area is 102 Å². The maximum atomic E-state index is 11.4. The first-order chi connectivity index (χ1) is 8.06. The molecule has 0 fully saturated rings. The van der Waals surface area contributed by atoms with Gasteiger partial charge in [0, 0.05) is 36.0 Å². The number of carbonyl (C=O) groups excluding carboxylic acids is 1. The molecular formula is C13H19NO3. The maximum Gasteiger partial charge on any atom is 0.133 e. The minimum atomic E-state index is -0.168. The van der Waals surface area contributed by atoms with Gasteiger partial charge in [0.1, 0.15) is 11.5 Å². The minimum absolute atomic E-state index is 0.0210. The number of ether oxygens (including phenoxy) is 1. The van der Waals surface area contributed by atoms with Crippen LogP contribution < -0.4 is 4.74 Å². The predicted molar refractivity (Wildman–Crippen MR) is 65.1 cm³/mol. The summed E-state index contributed by atoms with van der Waals surface area (Å²) in [4.78, 5) is 15.8. The van der Waals surface area contributed by atoms with Crippen molar-refractivity contribution in [2.24, 2.45) is 5.92 Å². The molecule has 0 aliphatic heterocycles. The van der Waals surface area contributed by atoms with Gasteiger partial charge in [0.05, 0.1) is 7.11 Å². The number of pyridine rings is 1. The molecule has 0 radical (unpaired) electrons. The molecule has 0 spiro atoms. The number of hydrogen-bond donors (Lipinski definition) is 1. The van der Waals surface area contributed by atoms with E-state index < -0.39 is 0 Å². The van der Waals surface area contributed by atoms with E-state index in [9.17, 15) is 4.79 Å². The van der Waals surface area contributed by atoms with Crippen LogP contribution in [0.4, 0.5) is 0 Å². The van der Waals surface area contributed by atoms with Crippen LogP contribution in [0.25, 0.3) is 0 Å². The van der Waals surface area contributed by atoms with Crippen LogP contribution in [0.15, 0.2) is 12.1 Å². The lowest BCUT2D eigenvalue weighted by molar-refractivity contribution is -0.121. The Hall–Kier alpha value is -1.42. The van der Waals surface area contributed by atoms with Crippen LogP contribution in [0.1, 0.15) is 24.7 Å². The molecule has 0 saturated heterocycles. The van der Waals surface area contributed by atoms with Crippen molar-refractivity contribution in [3.63, 3.8) is 0 Å². The summed E-state index contributed by atoms with van der Waals surface area (Å²) in [5.41, 5.74) is 1.70. The van der Waals surface area contributed by atoms with Gasteiger partial charge >= 0.3 is 0 Å². The molecule has 94 valence electrons. The molecule has 4 nitrogen and oxygen atoms in total. The molecule has 1 N–H and O–H groups in total. The van der Waals surface area contributed by atoms with Gasteiger partial charge in [0.15, 0.2) is 0 Å². The van der Waals surface area contributed by atoms with Crippen molar-refractivity contribution in [1.82, 2.24) is 4.98 Å². The van der Waals surface area contributed by atoms with Crippen LogP contribution in [0.2, 0.25) is 0 Å². The van der Waals surface area contributed by atoms with Gasteiger partial charge < -0.3 is 9.84 Å². The molecule has 0 aromatic carbocycles. The van der Waals surface area contributed by atoms with Gasteiger partial charge in [-0.05, 0) is 26.7 Å². The number of hydrogen-bond acceptors (Lipinski definition) is 4. The number of aliphatic hydroxyl groups is 1. The number of Topliss-reactive ketones (excluding diaryl/α,β-unsaturated/α-hetero) is 1. The number of rotatable bonds is 6. The Kier molecular flexibility index (Phi) is 5.10. The summed E-state index contributed by atoms with van der Waals surface area (Å²) in [6, 6.07) is 3.68. The highest BCUT2D eigenvalue weighted by molar-refractivity contribution is 5.78. The summed E-state index contributed by atoms with van der Waals surface area (Å²) < 4.78 is 5.16. The van der Waals surface area contributed by atoms with Crippen LogP contribution >= 0.6 is 0 Å². The third-order valence-electron chi connectivity index (χ3n) is 2.72. The summed E-state index contributed by atoms with van der Waals surface area (Å²) in [6.45, 7) is 3.46. The molecule has 4 heteroatoms. The fourth-order valence-corrected chi connectivity index (χ4v) is 1.78. The topological polar surface area (TPSA) is 59.4 Å². The van der Waals surface area contributed by atoms with Gasteiger partial charge in [0.25, 0.3) is 0 Å². The van der Waals surface area contributed by atoms with E-state index in [0.717, 1.165) is 17.1 Å². The molecule has 0 saturated carbocycles. The van der Waals surface area contributed by atoms with Gasteiger partial charge in [-0.25, -0.2) is 0 Å². The Bertz CT molecular complexity index is 390. The summed E-state index contributed by atoms with van der Waals surface area (Å²) in [6.07, 6.45) is 1.03. The van der Waals surface area contributed by atoms with Crippen LogP contribution in [0.5, 0.6) is 5.75 Å². The number of carbonyl (C=O) groups is 1. The Balaban J connectivity index is 2.84. The molecule has 0 bridgehead atoms. The Morgan fingerprint density at radius 2 is 2.24 bits per heavy atom. The largest absolute Gasteiger partial charge is 0.497 e. The van der Waals surface area contributed by atoms with Gasteiger partial charge in [0.2, 0.25) is 0 Å². The zero-order valence-corrected chi connectivity index (χ0v) is 10.6. The van der Waals surface area contributed by atoms with Crippen LogP contribution in [-0.2, 0) is 11.2 Å². The first kappa shape index (κ1) is 13.6. The second-order valence-electron chi connectivity index (χ2n) is 4.16. The highest BCUT2D eigenvalue weighted by atomic mass is 16.5. The molecule has 1 heterocycles. The number of aryl methyl sites for hydroxylation is 1. The summed E-state index contributed by atoms with van der Waals surface area (Å²) in [7, 11) is 1.61. The number of aromatic nitrogens is 1. The molecule has 17 heavy (non-hydrogen) atoms. The molecule has 1 unspecified atom stereocenters. The van der Waals surface area contributed by atoms with Crippen LogP contribution in [0, 0.1) is 12.8 Å². The molecule has 1 aromatic rings. The normalized spacial score (nSPS) is 12.2. The van der Waals surface area contributed by atoms with Crippen molar-refractivity contribution < 1.29 is 14.6 Å². The van der Waals surface area contributed by atoms with Crippen molar-refractivity contribution in [3.05, 3.63) is 23.5 Å². The monoisotopic (exact) mass is 237 g/mol. The lowest BCUT2D eigenvalue weighted by Crippen LogP contribution is -2.16. The van der Waals surface area contributed by atoms with Gasteiger partial charge in [-0.15, -0.1) is 0 Å². The number of ketones is 1. The lowest BCUT2D eigenvalue weighted by atomic mass is 9.95. The van der Waals surface area contributed by atoms with Gasteiger partial charge in [-0.3, -0.25) is 9.78 Å². The first-order valence-corrected chi connectivity index (χ1v) is 5.69. The average molecular weight is 237 g/mol. The molecule has 0 amide bonds. The Morgan fingerprint density at radius 3 is 2.76 bits per heavy atom. The van der Waals surface area contributed by atoms with E-state index in [1.165, 1.54) is 0 Å². The van der Waals surface area contributed by atoms with Gasteiger partial charge in [-0.2, -0.15) is 0 Å². The van der Waals surface area contributed by atoms with Crippen molar-refractivity contribution >= 4 is 5.78 Å². The van der Waals surface area contributed by atoms with E-state index in [1.807, 2.05) is 19.1 Å². The second-order valence-corrected chi connectivity index (χ2v) is 4.16. The standard InChI is InChI=1S/C13H19NO3/c1-9-6-13(17-3)8-12(14-9)7-11(4-5-15)10(2)16/h6,8,11,15H,4-5,7H2,1-3H3. The smallest absolute Gasteiger partial charge is 0.133 e. The molecule has 0 aliphatic rings. The zero-order valence-electron chi connectivity index (χ0n) is 10.6.